The van der Waals surface area contributed by atoms with Crippen LogP contribution in [0.5, 0.6) is 0 Å². The number of hydrogen-bond acceptors (Lipinski definition) is 3. The number of thiazole rings is 1. The van der Waals surface area contributed by atoms with E-state index in [4.69, 9.17) is 0 Å². The van der Waals surface area contributed by atoms with Gasteiger partial charge in [-0.2, -0.15) is 0 Å². The van der Waals surface area contributed by atoms with Crippen LogP contribution in [0, 0.1) is 6.92 Å². The van der Waals surface area contributed by atoms with Gasteiger partial charge >= 0.3 is 0 Å². The molecule has 0 unspecified atom stereocenters. The van der Waals surface area contributed by atoms with Crippen molar-refractivity contribution in [1.82, 2.24) is 15.2 Å². The van der Waals surface area contributed by atoms with Crippen LogP contribution in [-0.2, 0) is 13.0 Å². The summed E-state index contributed by atoms with van der Waals surface area (Å²) in [5.74, 6) is 0.930. The Morgan fingerprint density at radius 1 is 1.30 bits per heavy atom. The molecule has 23 heavy (non-hydrogen) atoms. The minimum Gasteiger partial charge on any atom is -0.356 e. The summed E-state index contributed by atoms with van der Waals surface area (Å²) in [7, 11) is 3.89. The second-order valence-corrected chi connectivity index (χ2v) is 6.24. The van der Waals surface area contributed by atoms with Crippen LogP contribution in [0.4, 0.5) is 0 Å². The number of benzene rings is 1. The van der Waals surface area contributed by atoms with E-state index < -0.39 is 0 Å². The Labute approximate surface area is 160 Å². The molecule has 1 aromatic heterocycles. The Balaban J connectivity index is 0.00000264. The third-order valence-electron chi connectivity index (χ3n) is 3.35. The second-order valence-electron chi connectivity index (χ2n) is 5.30. The van der Waals surface area contributed by atoms with Gasteiger partial charge in [0.25, 0.3) is 0 Å². The predicted octanol–water partition coefficient (Wildman–Crippen LogP) is 3.71. The molecule has 0 aliphatic rings. The zero-order valence-electron chi connectivity index (χ0n) is 14.0. The molecule has 0 fully saturated rings. The van der Waals surface area contributed by atoms with E-state index in [1.807, 2.05) is 20.0 Å². The quantitative estimate of drug-likeness (QED) is 0.320. The summed E-state index contributed by atoms with van der Waals surface area (Å²) in [6.07, 6.45) is 2.08. The third kappa shape index (κ3) is 6.87. The first kappa shape index (κ1) is 19.9. The van der Waals surface area contributed by atoms with Gasteiger partial charge in [0.2, 0.25) is 0 Å². The molecule has 0 spiro atoms. The third-order valence-corrected chi connectivity index (χ3v) is 4.38. The van der Waals surface area contributed by atoms with Gasteiger partial charge in [-0.1, -0.05) is 30.3 Å². The second kappa shape index (κ2) is 10.6. The fraction of sp³-hybridized carbons (Fsp3) is 0.412. The van der Waals surface area contributed by atoms with Crippen molar-refractivity contribution >= 4 is 41.3 Å². The number of guanidine groups is 1. The molecule has 0 atom stereocenters. The van der Waals surface area contributed by atoms with Crippen molar-refractivity contribution in [2.24, 2.45) is 4.99 Å². The molecule has 0 bridgehead atoms. The van der Waals surface area contributed by atoms with E-state index in [1.54, 1.807) is 11.3 Å². The summed E-state index contributed by atoms with van der Waals surface area (Å²) in [5, 5.41) is 6.74. The van der Waals surface area contributed by atoms with Crippen molar-refractivity contribution in [2.45, 2.75) is 26.3 Å². The van der Waals surface area contributed by atoms with Crippen LogP contribution in [0.15, 0.2) is 40.7 Å². The molecule has 0 amide bonds. The van der Waals surface area contributed by atoms with Crippen molar-refractivity contribution in [2.75, 3.05) is 20.6 Å². The normalized spacial score (nSPS) is 11.0. The minimum absolute atomic E-state index is 0. The molecule has 1 aromatic carbocycles. The number of aromatic nitrogens is 1. The first-order valence-electron chi connectivity index (χ1n) is 7.55. The topological polar surface area (TPSA) is 40.5 Å². The summed E-state index contributed by atoms with van der Waals surface area (Å²) in [4.78, 5) is 11.0. The number of nitrogens with one attached hydrogen (secondary N) is 1. The van der Waals surface area contributed by atoms with Crippen LogP contribution >= 0.6 is 35.3 Å². The molecule has 126 valence electrons. The van der Waals surface area contributed by atoms with Gasteiger partial charge in [0, 0.05) is 44.7 Å². The maximum atomic E-state index is 4.49. The highest BCUT2D eigenvalue weighted by atomic mass is 127. The van der Waals surface area contributed by atoms with E-state index in [1.165, 1.54) is 10.6 Å². The van der Waals surface area contributed by atoms with Crippen LogP contribution in [-0.4, -0.2) is 36.5 Å². The average molecular weight is 444 g/mol. The number of aryl methyl sites for hydroxylation is 2. The van der Waals surface area contributed by atoms with Crippen molar-refractivity contribution in [3.63, 3.8) is 0 Å². The minimum atomic E-state index is 0. The van der Waals surface area contributed by atoms with E-state index in [0.717, 1.165) is 37.6 Å². The van der Waals surface area contributed by atoms with E-state index in [-0.39, 0.29) is 24.0 Å². The van der Waals surface area contributed by atoms with Crippen molar-refractivity contribution in [3.8, 4) is 0 Å². The molecule has 0 saturated carbocycles. The smallest absolute Gasteiger partial charge is 0.193 e. The predicted molar refractivity (Wildman–Crippen MR) is 110 cm³/mol. The Morgan fingerprint density at radius 3 is 2.65 bits per heavy atom. The monoisotopic (exact) mass is 444 g/mol. The zero-order valence-corrected chi connectivity index (χ0v) is 17.1. The van der Waals surface area contributed by atoms with Crippen LogP contribution in [0.1, 0.15) is 22.7 Å². The van der Waals surface area contributed by atoms with Gasteiger partial charge in [0.1, 0.15) is 0 Å². The average Bonchev–Trinajstić information content (AvgIpc) is 2.93. The molecule has 0 aliphatic carbocycles. The lowest BCUT2D eigenvalue weighted by atomic mass is 10.2. The molecular weight excluding hydrogens is 419 g/mol. The van der Waals surface area contributed by atoms with Crippen LogP contribution < -0.4 is 5.32 Å². The fourth-order valence-electron chi connectivity index (χ4n) is 2.27. The zero-order chi connectivity index (χ0) is 15.8. The number of nitrogens with zero attached hydrogens (tertiary/aromatic N) is 3. The first-order chi connectivity index (χ1) is 10.7. The molecule has 0 saturated heterocycles. The van der Waals surface area contributed by atoms with Gasteiger partial charge in [0.15, 0.2) is 5.96 Å². The number of rotatable bonds is 6. The van der Waals surface area contributed by atoms with Gasteiger partial charge in [-0.25, -0.2) is 4.98 Å². The van der Waals surface area contributed by atoms with E-state index in [9.17, 15) is 0 Å². The summed E-state index contributed by atoms with van der Waals surface area (Å²) in [5.41, 5.74) is 2.40. The molecule has 1 heterocycles. The number of halogens is 1. The SMILES string of the molecule is CN=C(NCCCc1nc(C)cs1)N(C)Cc1ccccc1.I. The van der Waals surface area contributed by atoms with E-state index >= 15 is 0 Å². The van der Waals surface area contributed by atoms with Crippen molar-refractivity contribution in [1.29, 1.82) is 0 Å². The van der Waals surface area contributed by atoms with Gasteiger partial charge in [-0.05, 0) is 18.9 Å². The van der Waals surface area contributed by atoms with E-state index in [0.29, 0.717) is 0 Å². The Kier molecular flexibility index (Phi) is 9.16. The highest BCUT2D eigenvalue weighted by molar-refractivity contribution is 14.0. The summed E-state index contributed by atoms with van der Waals surface area (Å²) >= 11 is 1.74. The Bertz CT molecular complexity index is 598. The molecular formula is C17H25IN4S. The van der Waals surface area contributed by atoms with Crippen LogP contribution in [0.2, 0.25) is 0 Å². The molecule has 0 radical (unpaired) electrons. The molecule has 6 heteroatoms. The standard InChI is InChI=1S/C17H24N4S.HI/c1-14-13-22-16(20-14)10-7-11-19-17(18-2)21(3)12-15-8-5-4-6-9-15;/h4-6,8-9,13H,7,10-12H2,1-3H3,(H,18,19);1H. The lowest BCUT2D eigenvalue weighted by molar-refractivity contribution is 0.476. The summed E-state index contributed by atoms with van der Waals surface area (Å²) in [6, 6.07) is 10.4. The van der Waals surface area contributed by atoms with Crippen LogP contribution in [0.3, 0.4) is 0 Å². The van der Waals surface area contributed by atoms with Gasteiger partial charge in [0.05, 0.1) is 5.01 Å². The fourth-order valence-corrected chi connectivity index (χ4v) is 3.09. The van der Waals surface area contributed by atoms with E-state index in [2.05, 4.69) is 56.9 Å². The molecule has 1 N–H and O–H groups in total. The van der Waals surface area contributed by atoms with Gasteiger partial charge in [-0.15, -0.1) is 35.3 Å². The number of hydrogen-bond donors (Lipinski definition) is 1. The number of aliphatic imine (C=N–C) groups is 1. The Morgan fingerprint density at radius 2 is 2.04 bits per heavy atom. The van der Waals surface area contributed by atoms with Crippen molar-refractivity contribution < 1.29 is 0 Å². The lowest BCUT2D eigenvalue weighted by Crippen LogP contribution is -2.38. The molecule has 0 aliphatic heterocycles. The highest BCUT2D eigenvalue weighted by Crippen LogP contribution is 2.10. The maximum Gasteiger partial charge on any atom is 0.193 e. The Hall–Kier alpha value is -1.15. The summed E-state index contributed by atoms with van der Waals surface area (Å²) < 4.78 is 0. The largest absolute Gasteiger partial charge is 0.356 e. The first-order valence-corrected chi connectivity index (χ1v) is 8.43. The molecule has 2 rings (SSSR count). The van der Waals surface area contributed by atoms with Gasteiger partial charge < -0.3 is 10.2 Å². The molecule has 2 aromatic rings. The molecule has 4 nitrogen and oxygen atoms in total. The highest BCUT2D eigenvalue weighted by Gasteiger charge is 2.06. The van der Waals surface area contributed by atoms with Crippen molar-refractivity contribution in [3.05, 3.63) is 52.0 Å². The van der Waals surface area contributed by atoms with Gasteiger partial charge in [-0.3, -0.25) is 4.99 Å². The summed E-state index contributed by atoms with van der Waals surface area (Å²) in [6.45, 7) is 3.80. The maximum absolute atomic E-state index is 4.49. The van der Waals surface area contributed by atoms with Crippen LogP contribution in [0.25, 0.3) is 0 Å². The lowest BCUT2D eigenvalue weighted by Gasteiger charge is -2.22.